The van der Waals surface area contributed by atoms with E-state index in [0.717, 1.165) is 25.2 Å². The molecule has 2 aromatic rings. The Morgan fingerprint density at radius 2 is 2.21 bits per heavy atom. The number of benzene rings is 1. The number of hydrogen-bond donors (Lipinski definition) is 0. The second-order valence-electron chi connectivity index (χ2n) is 5.80. The average molecular weight is 330 g/mol. The van der Waals surface area contributed by atoms with Gasteiger partial charge in [0.25, 0.3) is 5.91 Å². The van der Waals surface area contributed by atoms with E-state index in [0.29, 0.717) is 31.2 Å². The molecule has 0 saturated carbocycles. The molecule has 128 valence electrons. The van der Waals surface area contributed by atoms with Crippen molar-refractivity contribution in [2.45, 2.75) is 25.9 Å². The molecule has 1 saturated heterocycles. The first-order valence-electron chi connectivity index (χ1n) is 8.23. The Hall–Kier alpha value is -2.34. The number of amides is 1. The van der Waals surface area contributed by atoms with Crippen LogP contribution in [0, 0.1) is 6.92 Å². The van der Waals surface area contributed by atoms with E-state index in [1.54, 1.807) is 11.8 Å². The van der Waals surface area contributed by atoms with Crippen molar-refractivity contribution in [2.24, 2.45) is 0 Å². The van der Waals surface area contributed by atoms with Crippen LogP contribution >= 0.6 is 0 Å². The molecule has 0 bridgehead atoms. The van der Waals surface area contributed by atoms with E-state index < -0.39 is 0 Å². The van der Waals surface area contributed by atoms with Crippen molar-refractivity contribution in [3.63, 3.8) is 0 Å². The second-order valence-corrected chi connectivity index (χ2v) is 5.80. The summed E-state index contributed by atoms with van der Waals surface area (Å²) < 4.78 is 16.5. The van der Waals surface area contributed by atoms with Gasteiger partial charge in [0.15, 0.2) is 12.1 Å². The van der Waals surface area contributed by atoms with E-state index in [4.69, 9.17) is 13.9 Å². The number of para-hydroxylation sites is 1. The molecule has 0 N–H and O–H groups in total. The standard InChI is InChI=1S/C18H22N2O4/c1-14-17(19-13-24-14)18(21)20(12-16-8-5-10-22-16)9-11-23-15-6-3-2-4-7-15/h2-4,6-7,13,16H,5,8-12H2,1H3/t16-/m1/s1. The van der Waals surface area contributed by atoms with Crippen molar-refractivity contribution in [1.29, 1.82) is 0 Å². The minimum absolute atomic E-state index is 0.0814. The highest BCUT2D eigenvalue weighted by Crippen LogP contribution is 2.16. The summed E-state index contributed by atoms with van der Waals surface area (Å²) >= 11 is 0. The average Bonchev–Trinajstić information content (AvgIpc) is 3.26. The van der Waals surface area contributed by atoms with Crippen LogP contribution in [-0.4, -0.2) is 48.2 Å². The van der Waals surface area contributed by atoms with Crippen molar-refractivity contribution in [1.82, 2.24) is 9.88 Å². The molecule has 1 aromatic carbocycles. The van der Waals surface area contributed by atoms with Crippen LogP contribution in [0.4, 0.5) is 0 Å². The maximum Gasteiger partial charge on any atom is 0.276 e. The van der Waals surface area contributed by atoms with Gasteiger partial charge < -0.3 is 18.8 Å². The quantitative estimate of drug-likeness (QED) is 0.781. The Morgan fingerprint density at radius 1 is 1.38 bits per heavy atom. The third kappa shape index (κ3) is 4.14. The van der Waals surface area contributed by atoms with Crippen LogP contribution in [0.15, 0.2) is 41.1 Å². The highest BCUT2D eigenvalue weighted by molar-refractivity contribution is 5.93. The molecule has 1 amide bonds. The number of rotatable bonds is 7. The zero-order valence-corrected chi connectivity index (χ0v) is 13.8. The fourth-order valence-electron chi connectivity index (χ4n) is 2.76. The van der Waals surface area contributed by atoms with Gasteiger partial charge in [-0.05, 0) is 31.9 Å². The van der Waals surface area contributed by atoms with E-state index >= 15 is 0 Å². The molecule has 3 rings (SSSR count). The van der Waals surface area contributed by atoms with Crippen LogP contribution in [0.1, 0.15) is 29.1 Å². The Kier molecular flexibility index (Phi) is 5.48. The molecule has 0 spiro atoms. The normalized spacial score (nSPS) is 17.0. The number of hydrogen-bond acceptors (Lipinski definition) is 5. The Morgan fingerprint density at radius 3 is 2.88 bits per heavy atom. The first-order valence-corrected chi connectivity index (χ1v) is 8.23. The summed E-state index contributed by atoms with van der Waals surface area (Å²) in [6.45, 7) is 3.93. The van der Waals surface area contributed by atoms with E-state index in [1.807, 2.05) is 30.3 Å². The topological polar surface area (TPSA) is 64.8 Å². The summed E-state index contributed by atoms with van der Waals surface area (Å²) in [5.41, 5.74) is 0.354. The number of aromatic nitrogens is 1. The molecule has 1 fully saturated rings. The van der Waals surface area contributed by atoms with E-state index in [9.17, 15) is 4.79 Å². The van der Waals surface area contributed by atoms with Crippen LogP contribution in [0.2, 0.25) is 0 Å². The summed E-state index contributed by atoms with van der Waals surface area (Å²) in [4.78, 5) is 18.5. The molecule has 2 heterocycles. The highest BCUT2D eigenvalue weighted by atomic mass is 16.5. The largest absolute Gasteiger partial charge is 0.492 e. The molecule has 1 atom stereocenters. The van der Waals surface area contributed by atoms with Crippen molar-refractivity contribution in [3.8, 4) is 5.75 Å². The van der Waals surface area contributed by atoms with Gasteiger partial charge >= 0.3 is 0 Å². The van der Waals surface area contributed by atoms with Crippen LogP contribution in [0.5, 0.6) is 5.75 Å². The molecule has 1 aliphatic rings. The van der Waals surface area contributed by atoms with Gasteiger partial charge in [0.05, 0.1) is 12.6 Å². The highest BCUT2D eigenvalue weighted by Gasteiger charge is 2.26. The fraction of sp³-hybridized carbons (Fsp3) is 0.444. The number of carbonyl (C=O) groups is 1. The van der Waals surface area contributed by atoms with Gasteiger partial charge in [-0.2, -0.15) is 0 Å². The Bertz CT molecular complexity index is 650. The van der Waals surface area contributed by atoms with Gasteiger partial charge in [-0.25, -0.2) is 4.98 Å². The smallest absolute Gasteiger partial charge is 0.276 e. The first kappa shape index (κ1) is 16.5. The zero-order chi connectivity index (χ0) is 16.8. The molecule has 6 heteroatoms. The van der Waals surface area contributed by atoms with Gasteiger partial charge in [-0.1, -0.05) is 18.2 Å². The van der Waals surface area contributed by atoms with Crippen LogP contribution < -0.4 is 4.74 Å². The van der Waals surface area contributed by atoms with E-state index in [2.05, 4.69) is 4.98 Å². The molecule has 1 aliphatic heterocycles. The third-order valence-electron chi connectivity index (χ3n) is 4.06. The number of aryl methyl sites for hydroxylation is 1. The SMILES string of the molecule is Cc1ocnc1C(=O)N(CCOc1ccccc1)C[C@H]1CCCO1. The van der Waals surface area contributed by atoms with Gasteiger partial charge in [-0.15, -0.1) is 0 Å². The van der Waals surface area contributed by atoms with Crippen molar-refractivity contribution in [3.05, 3.63) is 48.2 Å². The molecular formula is C18H22N2O4. The summed E-state index contributed by atoms with van der Waals surface area (Å²) in [7, 11) is 0. The summed E-state index contributed by atoms with van der Waals surface area (Å²) in [5, 5.41) is 0. The van der Waals surface area contributed by atoms with Gasteiger partial charge in [0.2, 0.25) is 0 Å². The van der Waals surface area contributed by atoms with Crippen LogP contribution in [0.3, 0.4) is 0 Å². The fourth-order valence-corrected chi connectivity index (χ4v) is 2.76. The van der Waals surface area contributed by atoms with E-state index in [-0.39, 0.29) is 12.0 Å². The second kappa shape index (κ2) is 7.97. The molecule has 0 radical (unpaired) electrons. The molecule has 0 aliphatic carbocycles. The predicted molar refractivity (Wildman–Crippen MR) is 88.1 cm³/mol. The van der Waals surface area contributed by atoms with Crippen molar-refractivity contribution in [2.75, 3.05) is 26.3 Å². The van der Waals surface area contributed by atoms with E-state index in [1.165, 1.54) is 6.39 Å². The summed E-state index contributed by atoms with van der Waals surface area (Å²) in [6.07, 6.45) is 3.39. The van der Waals surface area contributed by atoms with Gasteiger partial charge in [0.1, 0.15) is 18.1 Å². The first-order chi connectivity index (χ1) is 11.7. The zero-order valence-electron chi connectivity index (χ0n) is 13.8. The lowest BCUT2D eigenvalue weighted by Crippen LogP contribution is -2.40. The predicted octanol–water partition coefficient (Wildman–Crippen LogP) is 2.68. The molecule has 1 aromatic heterocycles. The number of oxazole rings is 1. The molecular weight excluding hydrogens is 308 g/mol. The molecule has 0 unspecified atom stereocenters. The van der Waals surface area contributed by atoms with Crippen molar-refractivity contribution < 1.29 is 18.7 Å². The molecule has 24 heavy (non-hydrogen) atoms. The van der Waals surface area contributed by atoms with Crippen LogP contribution in [0.25, 0.3) is 0 Å². The summed E-state index contributed by atoms with van der Waals surface area (Å²) in [5.74, 6) is 1.18. The third-order valence-corrected chi connectivity index (χ3v) is 4.06. The Balaban J connectivity index is 1.62. The lowest BCUT2D eigenvalue weighted by Gasteiger charge is -2.25. The number of ether oxygens (including phenoxy) is 2. The Labute approximate surface area is 141 Å². The maximum atomic E-state index is 12.7. The number of nitrogens with zero attached hydrogens (tertiary/aromatic N) is 2. The molecule has 6 nitrogen and oxygen atoms in total. The maximum absolute atomic E-state index is 12.7. The summed E-state index contributed by atoms with van der Waals surface area (Å²) in [6, 6.07) is 9.57. The lowest BCUT2D eigenvalue weighted by molar-refractivity contribution is 0.0488. The van der Waals surface area contributed by atoms with Gasteiger partial charge in [-0.3, -0.25) is 4.79 Å². The monoisotopic (exact) mass is 330 g/mol. The van der Waals surface area contributed by atoms with Crippen molar-refractivity contribution >= 4 is 5.91 Å². The van der Waals surface area contributed by atoms with Crippen LogP contribution in [-0.2, 0) is 4.74 Å². The van der Waals surface area contributed by atoms with Gasteiger partial charge in [0, 0.05) is 13.2 Å². The lowest BCUT2D eigenvalue weighted by atomic mass is 10.2. The number of carbonyl (C=O) groups excluding carboxylic acids is 1. The minimum Gasteiger partial charge on any atom is -0.492 e. The minimum atomic E-state index is -0.145.